The molecule has 1 aliphatic rings. The van der Waals surface area contributed by atoms with Gasteiger partial charge in [0.15, 0.2) is 5.76 Å². The largest absolute Gasteiger partial charge is 0.355 e. The highest BCUT2D eigenvalue weighted by Gasteiger charge is 2.28. The highest BCUT2D eigenvalue weighted by atomic mass is 32.1. The van der Waals surface area contributed by atoms with Gasteiger partial charge in [-0.15, -0.1) is 5.10 Å². The second-order valence-electron chi connectivity index (χ2n) is 5.93. The summed E-state index contributed by atoms with van der Waals surface area (Å²) in [5.74, 6) is 2.15. The second-order valence-corrected chi connectivity index (χ2v) is 6.68. The average molecular weight is 330 g/mol. The smallest absolute Gasteiger partial charge is 0.180 e. The zero-order chi connectivity index (χ0) is 15.6. The highest BCUT2D eigenvalue weighted by Crippen LogP contribution is 2.35. The number of imidazole rings is 1. The number of nitrogens with zero attached hydrogens (tertiary/aromatic N) is 5. The van der Waals surface area contributed by atoms with Gasteiger partial charge in [-0.25, -0.2) is 4.98 Å². The molecule has 0 spiro atoms. The molecule has 0 bridgehead atoms. The molecule has 0 amide bonds. The van der Waals surface area contributed by atoms with Crippen molar-refractivity contribution in [1.82, 2.24) is 29.6 Å². The third-order valence-electron chi connectivity index (χ3n) is 4.19. The van der Waals surface area contributed by atoms with Crippen LogP contribution in [0, 0.1) is 6.92 Å². The maximum Gasteiger partial charge on any atom is 0.180 e. The van der Waals surface area contributed by atoms with E-state index in [1.165, 1.54) is 11.5 Å². The molecule has 1 saturated heterocycles. The number of aryl methyl sites for hydroxylation is 1. The van der Waals surface area contributed by atoms with Crippen LogP contribution in [0.3, 0.4) is 0 Å². The van der Waals surface area contributed by atoms with Gasteiger partial charge in [0.25, 0.3) is 0 Å². The van der Waals surface area contributed by atoms with Gasteiger partial charge < -0.3 is 9.51 Å². The summed E-state index contributed by atoms with van der Waals surface area (Å²) in [6, 6.07) is 1.95. The van der Waals surface area contributed by atoms with E-state index in [9.17, 15) is 0 Å². The van der Waals surface area contributed by atoms with Crippen LogP contribution in [0.4, 0.5) is 0 Å². The molecule has 7 nitrogen and oxygen atoms in total. The number of nitrogens with one attached hydrogen (secondary N) is 1. The van der Waals surface area contributed by atoms with Crippen LogP contribution in [0.25, 0.3) is 10.6 Å². The van der Waals surface area contributed by atoms with E-state index in [2.05, 4.69) is 29.6 Å². The van der Waals surface area contributed by atoms with Crippen molar-refractivity contribution in [3.05, 3.63) is 35.7 Å². The third kappa shape index (κ3) is 3.04. The van der Waals surface area contributed by atoms with Crippen LogP contribution in [0.5, 0.6) is 0 Å². The SMILES string of the molecule is Cc1cc(-c2snnc2[C@@H]2CCCN(Cc3ncc[nH]3)C2)on1. The lowest BCUT2D eigenvalue weighted by molar-refractivity contribution is 0.194. The Balaban J connectivity index is 1.53. The number of likely N-dealkylation sites (tertiary alicyclic amines) is 1. The zero-order valence-electron chi connectivity index (χ0n) is 12.9. The van der Waals surface area contributed by atoms with Crippen molar-refractivity contribution in [2.24, 2.45) is 0 Å². The molecule has 0 radical (unpaired) electrons. The van der Waals surface area contributed by atoms with Gasteiger partial charge in [-0.05, 0) is 37.8 Å². The van der Waals surface area contributed by atoms with Gasteiger partial charge in [-0.2, -0.15) is 0 Å². The highest BCUT2D eigenvalue weighted by molar-refractivity contribution is 7.09. The molecule has 4 rings (SSSR count). The van der Waals surface area contributed by atoms with Crippen LogP contribution in [0.15, 0.2) is 23.0 Å². The summed E-state index contributed by atoms with van der Waals surface area (Å²) in [6.45, 7) is 4.82. The lowest BCUT2D eigenvalue weighted by atomic mass is 9.93. The first kappa shape index (κ1) is 14.5. The summed E-state index contributed by atoms with van der Waals surface area (Å²) in [6.07, 6.45) is 5.94. The Morgan fingerprint density at radius 2 is 2.43 bits per heavy atom. The molecule has 0 unspecified atom stereocenters. The van der Waals surface area contributed by atoms with Gasteiger partial charge in [0, 0.05) is 30.9 Å². The lowest BCUT2D eigenvalue weighted by Crippen LogP contribution is -2.34. The predicted octanol–water partition coefficient (Wildman–Crippen LogP) is 2.60. The van der Waals surface area contributed by atoms with E-state index in [1.54, 1.807) is 6.20 Å². The van der Waals surface area contributed by atoms with Crippen LogP contribution in [0.1, 0.15) is 36.0 Å². The topological polar surface area (TPSA) is 83.7 Å². The number of H-pyrrole nitrogens is 1. The van der Waals surface area contributed by atoms with E-state index < -0.39 is 0 Å². The molecule has 1 N–H and O–H groups in total. The summed E-state index contributed by atoms with van der Waals surface area (Å²) >= 11 is 1.38. The molecule has 23 heavy (non-hydrogen) atoms. The van der Waals surface area contributed by atoms with Crippen LogP contribution in [-0.2, 0) is 6.54 Å². The van der Waals surface area contributed by atoms with Crippen molar-refractivity contribution < 1.29 is 4.52 Å². The molecular weight excluding hydrogens is 312 g/mol. The maximum atomic E-state index is 5.40. The molecule has 0 saturated carbocycles. The molecule has 8 heteroatoms. The Bertz CT molecular complexity index is 765. The molecule has 1 aliphatic heterocycles. The Hall–Kier alpha value is -2.06. The van der Waals surface area contributed by atoms with E-state index in [0.717, 1.165) is 60.3 Å². The van der Waals surface area contributed by atoms with Crippen LogP contribution in [0.2, 0.25) is 0 Å². The molecule has 120 valence electrons. The third-order valence-corrected chi connectivity index (χ3v) is 4.94. The number of aromatic amines is 1. The van der Waals surface area contributed by atoms with Crippen LogP contribution < -0.4 is 0 Å². The molecular formula is C15H18N6OS. The average Bonchev–Trinajstić information content (AvgIpc) is 3.28. The van der Waals surface area contributed by atoms with Gasteiger partial charge in [0.1, 0.15) is 10.7 Å². The van der Waals surface area contributed by atoms with E-state index in [-0.39, 0.29) is 0 Å². The second kappa shape index (κ2) is 6.21. The first-order valence-corrected chi connectivity index (χ1v) is 8.53. The zero-order valence-corrected chi connectivity index (χ0v) is 13.7. The number of rotatable bonds is 4. The Kier molecular flexibility index (Phi) is 3.92. The minimum absolute atomic E-state index is 0.373. The van der Waals surface area contributed by atoms with Gasteiger partial charge >= 0.3 is 0 Å². The molecule has 1 atom stereocenters. The minimum Gasteiger partial charge on any atom is -0.355 e. The van der Waals surface area contributed by atoms with Crippen molar-refractivity contribution >= 4 is 11.5 Å². The fourth-order valence-corrected chi connectivity index (χ4v) is 3.82. The Morgan fingerprint density at radius 1 is 1.48 bits per heavy atom. The molecule has 1 fully saturated rings. The first-order valence-electron chi connectivity index (χ1n) is 7.76. The van der Waals surface area contributed by atoms with Crippen LogP contribution in [-0.4, -0.2) is 42.7 Å². The molecule has 3 aromatic rings. The molecule has 3 aromatic heterocycles. The fourth-order valence-electron chi connectivity index (χ4n) is 3.12. The molecule has 4 heterocycles. The lowest BCUT2D eigenvalue weighted by Gasteiger charge is -2.31. The minimum atomic E-state index is 0.373. The Labute approximate surface area is 137 Å². The van der Waals surface area contributed by atoms with Crippen molar-refractivity contribution in [1.29, 1.82) is 0 Å². The summed E-state index contributed by atoms with van der Waals surface area (Å²) in [7, 11) is 0. The number of hydrogen-bond donors (Lipinski definition) is 1. The quantitative estimate of drug-likeness (QED) is 0.791. The number of hydrogen-bond acceptors (Lipinski definition) is 7. The van der Waals surface area contributed by atoms with E-state index in [4.69, 9.17) is 4.52 Å². The van der Waals surface area contributed by atoms with Crippen molar-refractivity contribution in [2.45, 2.75) is 32.2 Å². The maximum absolute atomic E-state index is 5.40. The van der Waals surface area contributed by atoms with Crippen molar-refractivity contribution in [3.8, 4) is 10.6 Å². The van der Waals surface area contributed by atoms with Crippen molar-refractivity contribution in [2.75, 3.05) is 13.1 Å². The first-order chi connectivity index (χ1) is 11.3. The summed E-state index contributed by atoms with van der Waals surface area (Å²) in [5.41, 5.74) is 1.91. The standard InChI is InChI=1S/C15H18N6OS/c1-10-7-12(22-19-10)15-14(18-20-23-15)11-3-2-6-21(8-11)9-13-16-4-5-17-13/h4-5,7,11H,2-3,6,8-9H2,1H3,(H,16,17)/t11-/m1/s1. The van der Waals surface area contributed by atoms with Crippen molar-refractivity contribution in [3.63, 3.8) is 0 Å². The van der Waals surface area contributed by atoms with Crippen LogP contribution >= 0.6 is 11.5 Å². The van der Waals surface area contributed by atoms with E-state index in [0.29, 0.717) is 5.92 Å². The number of aromatic nitrogens is 5. The fraction of sp³-hybridized carbons (Fsp3) is 0.467. The number of piperidine rings is 1. The Morgan fingerprint density at radius 3 is 3.22 bits per heavy atom. The normalized spacial score (nSPS) is 19.3. The molecule has 0 aliphatic carbocycles. The van der Waals surface area contributed by atoms with Gasteiger partial charge in [-0.1, -0.05) is 9.64 Å². The van der Waals surface area contributed by atoms with Gasteiger partial charge in [-0.3, -0.25) is 4.90 Å². The van der Waals surface area contributed by atoms with E-state index in [1.807, 2.05) is 19.2 Å². The predicted molar refractivity (Wildman–Crippen MR) is 86.0 cm³/mol. The van der Waals surface area contributed by atoms with Gasteiger partial charge in [0.2, 0.25) is 0 Å². The monoisotopic (exact) mass is 330 g/mol. The summed E-state index contributed by atoms with van der Waals surface area (Å²) in [5, 5.41) is 8.36. The molecule has 0 aromatic carbocycles. The van der Waals surface area contributed by atoms with Gasteiger partial charge in [0.05, 0.1) is 17.9 Å². The summed E-state index contributed by atoms with van der Waals surface area (Å²) in [4.78, 5) is 10.9. The summed E-state index contributed by atoms with van der Waals surface area (Å²) < 4.78 is 9.55. The van der Waals surface area contributed by atoms with E-state index >= 15 is 0 Å².